The molecule has 2 heterocycles. The molecule has 0 amide bonds. The highest BCUT2D eigenvalue weighted by atomic mass is 35.5. The van der Waals surface area contributed by atoms with Gasteiger partial charge in [0.1, 0.15) is 0 Å². The topological polar surface area (TPSA) is 9.72 Å². The Kier molecular flexibility index (Phi) is 8.99. The normalized spacial score (nSPS) is 22.5. The molecule has 0 radical (unpaired) electrons. The van der Waals surface area contributed by atoms with Crippen molar-refractivity contribution in [2.45, 2.75) is 84.5 Å². The quantitative estimate of drug-likeness (QED) is 0.430. The summed E-state index contributed by atoms with van der Waals surface area (Å²) in [6, 6.07) is 7.50. The van der Waals surface area contributed by atoms with E-state index in [0.717, 1.165) is 5.92 Å². The summed E-state index contributed by atoms with van der Waals surface area (Å²) in [5.74, 6) is 0.748. The molecule has 2 aliphatic heterocycles. The summed E-state index contributed by atoms with van der Waals surface area (Å²) in [5.41, 5.74) is 5.23. The highest BCUT2D eigenvalue weighted by Crippen LogP contribution is 2.45. The van der Waals surface area contributed by atoms with Gasteiger partial charge in [-0.2, -0.15) is 0 Å². The van der Waals surface area contributed by atoms with Gasteiger partial charge in [0.2, 0.25) is 0 Å². The van der Waals surface area contributed by atoms with Crippen molar-refractivity contribution in [3.63, 3.8) is 0 Å². The summed E-state index contributed by atoms with van der Waals surface area (Å²) in [6.45, 7) is 15.9. The molecule has 0 unspecified atom stereocenters. The Morgan fingerprint density at radius 1 is 0.871 bits per heavy atom. The van der Waals surface area contributed by atoms with Gasteiger partial charge in [0.25, 0.3) is 0 Å². The zero-order valence-electron chi connectivity index (χ0n) is 20.4. The highest BCUT2D eigenvalue weighted by Gasteiger charge is 2.30. The first-order chi connectivity index (χ1) is 14.6. The molecular formula is C27H46ClN3. The number of hydrogen-bond donors (Lipinski definition) is 0. The third kappa shape index (κ3) is 6.32. The molecule has 3 aliphatic rings. The fourth-order valence-corrected chi connectivity index (χ4v) is 5.84. The lowest BCUT2D eigenvalue weighted by atomic mass is 9.71. The van der Waals surface area contributed by atoms with Crippen molar-refractivity contribution in [2.24, 2.45) is 5.41 Å². The highest BCUT2D eigenvalue weighted by molar-refractivity contribution is 5.85. The van der Waals surface area contributed by atoms with Crippen LogP contribution in [0, 0.1) is 5.41 Å². The largest absolute Gasteiger partial charge is 0.372 e. The van der Waals surface area contributed by atoms with Gasteiger partial charge < -0.3 is 9.80 Å². The summed E-state index contributed by atoms with van der Waals surface area (Å²) >= 11 is 0. The monoisotopic (exact) mass is 447 g/mol. The van der Waals surface area contributed by atoms with Crippen molar-refractivity contribution in [3.05, 3.63) is 23.8 Å². The van der Waals surface area contributed by atoms with Crippen LogP contribution >= 0.6 is 12.4 Å². The van der Waals surface area contributed by atoms with E-state index >= 15 is 0 Å². The molecule has 1 aromatic rings. The Bertz CT molecular complexity index is 665. The second-order valence-electron chi connectivity index (χ2n) is 10.9. The van der Waals surface area contributed by atoms with Gasteiger partial charge in [-0.3, -0.25) is 4.90 Å². The molecule has 1 aromatic carbocycles. The van der Waals surface area contributed by atoms with Crippen LogP contribution < -0.4 is 9.80 Å². The van der Waals surface area contributed by atoms with Crippen molar-refractivity contribution in [1.29, 1.82) is 0 Å². The smallest absolute Gasteiger partial charge is 0.0404 e. The van der Waals surface area contributed by atoms with Gasteiger partial charge in [0, 0.05) is 50.6 Å². The van der Waals surface area contributed by atoms with Crippen LogP contribution in [0.4, 0.5) is 11.4 Å². The number of benzene rings is 1. The van der Waals surface area contributed by atoms with Crippen LogP contribution in [0.3, 0.4) is 0 Å². The number of rotatable bonds is 7. The summed E-state index contributed by atoms with van der Waals surface area (Å²) in [5, 5.41) is 0. The van der Waals surface area contributed by atoms with Crippen molar-refractivity contribution in [1.82, 2.24) is 4.90 Å². The molecule has 176 valence electrons. The molecule has 0 N–H and O–H groups in total. The molecule has 31 heavy (non-hydrogen) atoms. The van der Waals surface area contributed by atoms with Gasteiger partial charge in [-0.1, -0.05) is 33.6 Å². The van der Waals surface area contributed by atoms with Gasteiger partial charge in [-0.25, -0.2) is 0 Å². The first kappa shape index (κ1) is 24.7. The van der Waals surface area contributed by atoms with Crippen LogP contribution in [0.2, 0.25) is 0 Å². The molecule has 0 bridgehead atoms. The Balaban J connectivity index is 0.00000272. The minimum atomic E-state index is 0. The van der Waals surface area contributed by atoms with Crippen molar-refractivity contribution in [3.8, 4) is 0 Å². The summed E-state index contributed by atoms with van der Waals surface area (Å²) in [7, 11) is 0. The second-order valence-corrected chi connectivity index (χ2v) is 10.9. The van der Waals surface area contributed by atoms with Crippen molar-refractivity contribution < 1.29 is 0 Å². The molecule has 3 fully saturated rings. The SMILES string of the molecule is CCCCCN1CCN(c2ccc(N3CCCC3)cc2C2CCC(C)(C)CC2)CC1.Cl. The van der Waals surface area contributed by atoms with Crippen LogP contribution in [0.15, 0.2) is 18.2 Å². The van der Waals surface area contributed by atoms with E-state index in [-0.39, 0.29) is 12.4 Å². The molecule has 1 saturated carbocycles. The minimum absolute atomic E-state index is 0. The van der Waals surface area contributed by atoms with E-state index in [1.54, 1.807) is 11.3 Å². The lowest BCUT2D eigenvalue weighted by Gasteiger charge is -2.40. The first-order valence-corrected chi connectivity index (χ1v) is 12.9. The molecule has 2 saturated heterocycles. The number of halogens is 1. The Morgan fingerprint density at radius 3 is 2.19 bits per heavy atom. The van der Waals surface area contributed by atoms with Crippen LogP contribution in [0.5, 0.6) is 0 Å². The average Bonchev–Trinajstić information content (AvgIpc) is 3.29. The number of hydrogen-bond acceptors (Lipinski definition) is 3. The number of piperazine rings is 1. The lowest BCUT2D eigenvalue weighted by Crippen LogP contribution is -2.47. The third-order valence-corrected chi connectivity index (χ3v) is 8.05. The third-order valence-electron chi connectivity index (χ3n) is 8.05. The summed E-state index contributed by atoms with van der Waals surface area (Å²) < 4.78 is 0. The molecule has 0 atom stereocenters. The molecule has 0 spiro atoms. The van der Waals surface area contributed by atoms with Crippen LogP contribution in [-0.2, 0) is 0 Å². The average molecular weight is 448 g/mol. The van der Waals surface area contributed by atoms with Crippen LogP contribution in [-0.4, -0.2) is 50.7 Å². The predicted octanol–water partition coefficient (Wildman–Crippen LogP) is 6.70. The zero-order chi connectivity index (χ0) is 21.0. The van der Waals surface area contributed by atoms with Crippen LogP contribution in [0.25, 0.3) is 0 Å². The molecular weight excluding hydrogens is 402 g/mol. The first-order valence-electron chi connectivity index (χ1n) is 12.9. The standard InChI is InChI=1S/C27H45N3.ClH/c1-4-5-6-15-28-18-20-30(21-19-28)26-10-9-24(29-16-7-8-17-29)22-25(26)23-11-13-27(2,3)14-12-23;/h9-10,22-23H,4-8,11-21H2,1-3H3;1H. The number of anilines is 2. The predicted molar refractivity (Wildman–Crippen MR) is 138 cm³/mol. The summed E-state index contributed by atoms with van der Waals surface area (Å²) in [6.07, 6.45) is 12.2. The Morgan fingerprint density at radius 2 is 1.55 bits per heavy atom. The minimum Gasteiger partial charge on any atom is -0.372 e. The Hall–Kier alpha value is -0.930. The van der Waals surface area contributed by atoms with E-state index in [9.17, 15) is 0 Å². The maximum Gasteiger partial charge on any atom is 0.0404 e. The zero-order valence-corrected chi connectivity index (χ0v) is 21.2. The molecule has 0 aromatic heterocycles. The van der Waals surface area contributed by atoms with E-state index < -0.39 is 0 Å². The van der Waals surface area contributed by atoms with E-state index in [1.165, 1.54) is 109 Å². The molecule has 4 rings (SSSR count). The lowest BCUT2D eigenvalue weighted by molar-refractivity contribution is 0.224. The molecule has 1 aliphatic carbocycles. The Labute approximate surface area is 198 Å². The van der Waals surface area contributed by atoms with Crippen molar-refractivity contribution in [2.75, 3.05) is 55.6 Å². The van der Waals surface area contributed by atoms with E-state index in [0.29, 0.717) is 5.41 Å². The van der Waals surface area contributed by atoms with Gasteiger partial charge in [0.05, 0.1) is 0 Å². The van der Waals surface area contributed by atoms with Crippen molar-refractivity contribution >= 4 is 23.8 Å². The second kappa shape index (κ2) is 11.3. The van der Waals surface area contributed by atoms with E-state index in [1.807, 2.05) is 0 Å². The molecule has 3 nitrogen and oxygen atoms in total. The van der Waals surface area contributed by atoms with Crippen LogP contribution in [0.1, 0.15) is 90.0 Å². The van der Waals surface area contributed by atoms with E-state index in [4.69, 9.17) is 0 Å². The van der Waals surface area contributed by atoms with Gasteiger partial charge in [0.15, 0.2) is 0 Å². The van der Waals surface area contributed by atoms with E-state index in [2.05, 4.69) is 53.7 Å². The van der Waals surface area contributed by atoms with Gasteiger partial charge in [-0.15, -0.1) is 12.4 Å². The maximum atomic E-state index is 2.71. The van der Waals surface area contributed by atoms with Gasteiger partial charge >= 0.3 is 0 Å². The fraction of sp³-hybridized carbons (Fsp3) is 0.778. The number of nitrogens with zero attached hydrogens (tertiary/aromatic N) is 3. The summed E-state index contributed by atoms with van der Waals surface area (Å²) in [4.78, 5) is 8.01. The maximum absolute atomic E-state index is 2.71. The molecule has 4 heteroatoms. The fourth-order valence-electron chi connectivity index (χ4n) is 5.84. The van der Waals surface area contributed by atoms with Gasteiger partial charge in [-0.05, 0) is 86.6 Å². The number of unbranched alkanes of at least 4 members (excludes halogenated alkanes) is 2.